The zero-order chi connectivity index (χ0) is 15.0. The van der Waals surface area contributed by atoms with Crippen molar-refractivity contribution in [1.82, 2.24) is 9.29 Å². The molecule has 0 unspecified atom stereocenters. The summed E-state index contributed by atoms with van der Waals surface area (Å²) in [6.45, 7) is 1.02. The van der Waals surface area contributed by atoms with Crippen LogP contribution in [-0.2, 0) is 19.5 Å². The van der Waals surface area contributed by atoms with Gasteiger partial charge in [0.05, 0.1) is 13.2 Å². The summed E-state index contributed by atoms with van der Waals surface area (Å²) in [4.78, 5) is 3.92. The number of aromatic nitrogens is 1. The fourth-order valence-electron chi connectivity index (χ4n) is 1.58. The molecule has 0 radical (unpaired) electrons. The fourth-order valence-corrected chi connectivity index (χ4v) is 3.10. The van der Waals surface area contributed by atoms with Gasteiger partial charge in [-0.15, -0.1) is 0 Å². The lowest BCUT2D eigenvalue weighted by Gasteiger charge is -2.22. The maximum Gasteiger partial charge on any atom is 0.246 e. The number of anilines is 1. The second kappa shape index (κ2) is 8.12. The van der Waals surface area contributed by atoms with Gasteiger partial charge in [-0.3, -0.25) is 0 Å². The highest BCUT2D eigenvalue weighted by Crippen LogP contribution is 2.21. The molecule has 0 amide bonds. The highest BCUT2D eigenvalue weighted by atomic mass is 32.2. The molecule has 9 heteroatoms. The Labute approximate surface area is 118 Å². The molecule has 1 rings (SSSR count). The Morgan fingerprint density at radius 2 is 1.90 bits per heavy atom. The number of nitrogens with one attached hydrogen (secondary N) is 1. The van der Waals surface area contributed by atoms with Crippen molar-refractivity contribution < 1.29 is 17.9 Å². The molecule has 0 spiro atoms. The number of sulfonamides is 1. The first kappa shape index (κ1) is 16.8. The van der Waals surface area contributed by atoms with Crippen molar-refractivity contribution in [3.63, 3.8) is 0 Å². The second-order valence-corrected chi connectivity index (χ2v) is 5.79. The summed E-state index contributed by atoms with van der Waals surface area (Å²) in [6.07, 6.45) is 1.46. The molecule has 0 aromatic carbocycles. The third-order valence-electron chi connectivity index (χ3n) is 2.61. The summed E-state index contributed by atoms with van der Waals surface area (Å²) in [6, 6.07) is 2.99. The van der Waals surface area contributed by atoms with Gasteiger partial charge in [0, 0.05) is 33.5 Å². The zero-order valence-corrected chi connectivity index (χ0v) is 12.4. The summed E-state index contributed by atoms with van der Waals surface area (Å²) >= 11 is 0. The molecule has 8 nitrogen and oxygen atoms in total. The fraction of sp³-hybridized carbons (Fsp3) is 0.545. The molecule has 0 aliphatic carbocycles. The van der Waals surface area contributed by atoms with E-state index in [1.807, 2.05) is 0 Å². The molecular weight excluding hydrogens is 284 g/mol. The van der Waals surface area contributed by atoms with Gasteiger partial charge in [0.2, 0.25) is 10.0 Å². The Morgan fingerprint density at radius 1 is 1.30 bits per heavy atom. The lowest BCUT2D eigenvalue weighted by atomic mass is 10.5. The smallest absolute Gasteiger partial charge is 0.246 e. The van der Waals surface area contributed by atoms with Gasteiger partial charge in [-0.05, 0) is 12.1 Å². The van der Waals surface area contributed by atoms with E-state index in [4.69, 9.17) is 15.3 Å². The number of hydrazine groups is 1. The minimum Gasteiger partial charge on any atom is -0.383 e. The lowest BCUT2D eigenvalue weighted by molar-refractivity contribution is 0.150. The molecule has 0 atom stereocenters. The quantitative estimate of drug-likeness (QED) is 0.474. The first-order chi connectivity index (χ1) is 9.57. The van der Waals surface area contributed by atoms with E-state index in [1.165, 1.54) is 30.8 Å². The Balaban J connectivity index is 3.07. The molecular formula is C11H20N4O4S. The van der Waals surface area contributed by atoms with Crippen molar-refractivity contribution in [2.24, 2.45) is 5.84 Å². The molecule has 0 aliphatic heterocycles. The van der Waals surface area contributed by atoms with Crippen LogP contribution in [0, 0.1) is 0 Å². The predicted molar refractivity (Wildman–Crippen MR) is 74.6 cm³/mol. The van der Waals surface area contributed by atoms with E-state index in [0.717, 1.165) is 0 Å². The van der Waals surface area contributed by atoms with Gasteiger partial charge < -0.3 is 14.9 Å². The summed E-state index contributed by atoms with van der Waals surface area (Å²) in [5.41, 5.74) is 2.29. The van der Waals surface area contributed by atoms with E-state index < -0.39 is 10.0 Å². The first-order valence-corrected chi connectivity index (χ1v) is 7.41. The van der Waals surface area contributed by atoms with E-state index >= 15 is 0 Å². The third-order valence-corrected chi connectivity index (χ3v) is 4.55. The minimum absolute atomic E-state index is 0.0229. The zero-order valence-electron chi connectivity index (χ0n) is 11.6. The van der Waals surface area contributed by atoms with E-state index in [1.54, 1.807) is 6.07 Å². The molecule has 0 fully saturated rings. The van der Waals surface area contributed by atoms with Crippen molar-refractivity contribution in [2.45, 2.75) is 4.90 Å². The Bertz CT molecular complexity index is 501. The predicted octanol–water partition coefficient (Wildman–Crippen LogP) is -0.349. The SMILES string of the molecule is COCCN(CCOC)S(=O)(=O)c1cccnc1NN. The molecule has 0 bridgehead atoms. The highest BCUT2D eigenvalue weighted by molar-refractivity contribution is 7.89. The molecule has 1 heterocycles. The van der Waals surface area contributed by atoms with Crippen LogP contribution >= 0.6 is 0 Å². The van der Waals surface area contributed by atoms with Gasteiger partial charge in [0.1, 0.15) is 4.90 Å². The van der Waals surface area contributed by atoms with E-state index in [9.17, 15) is 8.42 Å². The van der Waals surface area contributed by atoms with Gasteiger partial charge in [0.25, 0.3) is 0 Å². The number of methoxy groups -OCH3 is 2. The number of nitrogens with zero attached hydrogens (tertiary/aromatic N) is 2. The van der Waals surface area contributed by atoms with Gasteiger partial charge in [-0.2, -0.15) is 4.31 Å². The van der Waals surface area contributed by atoms with Gasteiger partial charge in [-0.25, -0.2) is 19.2 Å². The number of ether oxygens (including phenoxy) is 2. The van der Waals surface area contributed by atoms with Crippen LogP contribution in [-0.4, -0.2) is 58.2 Å². The van der Waals surface area contributed by atoms with Crippen LogP contribution in [0.3, 0.4) is 0 Å². The van der Waals surface area contributed by atoms with Crippen LogP contribution < -0.4 is 11.3 Å². The number of nitrogens with two attached hydrogens (primary N) is 1. The topological polar surface area (TPSA) is 107 Å². The van der Waals surface area contributed by atoms with Crippen LogP contribution in [0.15, 0.2) is 23.2 Å². The minimum atomic E-state index is -3.72. The van der Waals surface area contributed by atoms with E-state index in [2.05, 4.69) is 10.4 Å². The summed E-state index contributed by atoms with van der Waals surface area (Å²) in [5, 5.41) is 0. The van der Waals surface area contributed by atoms with Crippen molar-refractivity contribution in [2.75, 3.05) is 45.9 Å². The third kappa shape index (κ3) is 4.12. The molecule has 0 aliphatic rings. The van der Waals surface area contributed by atoms with Crippen molar-refractivity contribution in [1.29, 1.82) is 0 Å². The molecule has 20 heavy (non-hydrogen) atoms. The normalized spacial score (nSPS) is 11.8. The van der Waals surface area contributed by atoms with Crippen LogP contribution in [0.2, 0.25) is 0 Å². The first-order valence-electron chi connectivity index (χ1n) is 5.97. The Hall–Kier alpha value is -1.26. The van der Waals surface area contributed by atoms with Crippen molar-refractivity contribution in [3.8, 4) is 0 Å². The van der Waals surface area contributed by atoms with Crippen molar-refractivity contribution >= 4 is 15.8 Å². The lowest BCUT2D eigenvalue weighted by Crippen LogP contribution is -2.37. The second-order valence-electron chi connectivity index (χ2n) is 3.88. The molecule has 1 aromatic rings. The van der Waals surface area contributed by atoms with Crippen LogP contribution in [0.25, 0.3) is 0 Å². The van der Waals surface area contributed by atoms with Gasteiger partial charge in [0.15, 0.2) is 5.82 Å². The average Bonchev–Trinajstić information content (AvgIpc) is 2.47. The number of hydrogen-bond acceptors (Lipinski definition) is 7. The van der Waals surface area contributed by atoms with Crippen molar-refractivity contribution in [3.05, 3.63) is 18.3 Å². The number of rotatable bonds is 9. The molecule has 3 N–H and O–H groups in total. The van der Waals surface area contributed by atoms with E-state index in [0.29, 0.717) is 0 Å². The summed E-state index contributed by atoms with van der Waals surface area (Å²) < 4.78 is 36.4. The Kier molecular flexibility index (Phi) is 6.82. The number of hydrogen-bond donors (Lipinski definition) is 2. The summed E-state index contributed by atoms with van der Waals surface area (Å²) in [7, 11) is -0.696. The standard InChI is InChI=1S/C11H20N4O4S/c1-18-8-6-15(7-9-19-2)20(16,17)10-4-3-5-13-11(10)14-12/h3-5H,6-9,12H2,1-2H3,(H,13,14). The molecule has 0 saturated carbocycles. The number of pyridine rings is 1. The number of nitrogen functional groups attached to an aromatic ring is 1. The van der Waals surface area contributed by atoms with E-state index in [-0.39, 0.29) is 37.0 Å². The maximum atomic E-state index is 12.6. The average molecular weight is 304 g/mol. The monoisotopic (exact) mass is 304 g/mol. The van der Waals surface area contributed by atoms with Gasteiger partial charge in [-0.1, -0.05) is 0 Å². The van der Waals surface area contributed by atoms with Crippen LogP contribution in [0.1, 0.15) is 0 Å². The van der Waals surface area contributed by atoms with Crippen LogP contribution in [0.4, 0.5) is 5.82 Å². The summed E-state index contributed by atoms with van der Waals surface area (Å²) in [5.74, 6) is 5.41. The maximum absolute atomic E-state index is 12.6. The van der Waals surface area contributed by atoms with Crippen LogP contribution in [0.5, 0.6) is 0 Å². The highest BCUT2D eigenvalue weighted by Gasteiger charge is 2.27. The Morgan fingerprint density at radius 3 is 2.40 bits per heavy atom. The molecule has 1 aromatic heterocycles. The largest absolute Gasteiger partial charge is 0.383 e. The van der Waals surface area contributed by atoms with Gasteiger partial charge >= 0.3 is 0 Å². The molecule has 114 valence electrons. The molecule has 0 saturated heterocycles.